The van der Waals surface area contributed by atoms with Crippen molar-refractivity contribution in [2.75, 3.05) is 46.5 Å². The van der Waals surface area contributed by atoms with Gasteiger partial charge in [0.2, 0.25) is 5.91 Å². The predicted molar refractivity (Wildman–Crippen MR) is 86.3 cm³/mol. The normalized spacial score (nSPS) is 17.2. The summed E-state index contributed by atoms with van der Waals surface area (Å²) in [7, 11) is 1.37. The van der Waals surface area contributed by atoms with Crippen LogP contribution in [0.4, 0.5) is 4.79 Å². The first-order chi connectivity index (χ1) is 11.7. The van der Waals surface area contributed by atoms with Crippen molar-refractivity contribution in [1.82, 2.24) is 9.80 Å². The number of nitrogens with zero attached hydrogens (tertiary/aromatic N) is 2. The van der Waals surface area contributed by atoms with E-state index < -0.39 is 0 Å². The van der Waals surface area contributed by atoms with Gasteiger partial charge in [-0.05, 0) is 24.1 Å². The zero-order chi connectivity index (χ0) is 16.9. The van der Waals surface area contributed by atoms with E-state index in [0.717, 1.165) is 17.7 Å². The summed E-state index contributed by atoms with van der Waals surface area (Å²) in [4.78, 5) is 27.6. The molecule has 0 unspecified atom stereocenters. The fraction of sp³-hybridized carbons (Fsp3) is 0.529. The predicted octanol–water partition coefficient (Wildman–Crippen LogP) is 1.30. The summed E-state index contributed by atoms with van der Waals surface area (Å²) >= 11 is 0. The number of ether oxygens (including phenoxy) is 3. The number of methoxy groups -OCH3 is 1. The van der Waals surface area contributed by atoms with E-state index >= 15 is 0 Å². The quantitative estimate of drug-likeness (QED) is 0.815. The van der Waals surface area contributed by atoms with E-state index in [2.05, 4.69) is 0 Å². The molecule has 7 heteroatoms. The van der Waals surface area contributed by atoms with E-state index in [1.807, 2.05) is 18.2 Å². The maximum absolute atomic E-state index is 12.6. The van der Waals surface area contributed by atoms with Gasteiger partial charge in [0.25, 0.3) is 0 Å². The molecule has 3 rings (SSSR count). The van der Waals surface area contributed by atoms with Crippen LogP contribution in [0.25, 0.3) is 0 Å². The van der Waals surface area contributed by atoms with Gasteiger partial charge in [-0.3, -0.25) is 4.79 Å². The van der Waals surface area contributed by atoms with Crippen LogP contribution in [-0.4, -0.2) is 68.3 Å². The number of hydrogen-bond acceptors (Lipinski definition) is 5. The second kappa shape index (κ2) is 7.42. The lowest BCUT2D eigenvalue weighted by molar-refractivity contribution is -0.130. The lowest BCUT2D eigenvalue weighted by Gasteiger charge is -2.22. The minimum absolute atomic E-state index is 0.0541. The molecule has 2 aliphatic heterocycles. The highest BCUT2D eigenvalue weighted by Gasteiger charge is 2.23. The Labute approximate surface area is 141 Å². The summed E-state index contributed by atoms with van der Waals surface area (Å²) in [5.41, 5.74) is 0.901. The minimum Gasteiger partial charge on any atom is -0.486 e. The molecule has 2 heterocycles. The molecule has 0 aromatic heterocycles. The van der Waals surface area contributed by atoms with Crippen LogP contribution < -0.4 is 9.47 Å². The van der Waals surface area contributed by atoms with Crippen molar-refractivity contribution in [1.29, 1.82) is 0 Å². The summed E-state index contributed by atoms with van der Waals surface area (Å²) in [5, 5.41) is 0. The van der Waals surface area contributed by atoms with Crippen LogP contribution in [0.2, 0.25) is 0 Å². The Morgan fingerprint density at radius 3 is 2.54 bits per heavy atom. The molecule has 0 saturated carbocycles. The van der Waals surface area contributed by atoms with Gasteiger partial charge in [-0.15, -0.1) is 0 Å². The Kier molecular flexibility index (Phi) is 5.08. The standard InChI is InChI=1S/C17H22N2O5/c1-22-17(21)19-6-2-5-18(7-8-19)16(20)12-13-3-4-14-15(11-13)24-10-9-23-14/h3-4,11H,2,5-10,12H2,1H3. The molecule has 7 nitrogen and oxygen atoms in total. The summed E-state index contributed by atoms with van der Waals surface area (Å²) in [6.07, 6.45) is 0.729. The molecule has 2 amide bonds. The van der Waals surface area contributed by atoms with Crippen molar-refractivity contribution in [3.8, 4) is 11.5 Å². The van der Waals surface area contributed by atoms with Crippen LogP contribution in [0.15, 0.2) is 18.2 Å². The Morgan fingerprint density at radius 1 is 1.04 bits per heavy atom. The summed E-state index contributed by atoms with van der Waals surface area (Å²) < 4.78 is 15.8. The minimum atomic E-state index is -0.337. The van der Waals surface area contributed by atoms with Crippen LogP contribution in [0, 0.1) is 0 Å². The monoisotopic (exact) mass is 334 g/mol. The van der Waals surface area contributed by atoms with Gasteiger partial charge in [-0.2, -0.15) is 0 Å². The molecule has 1 aromatic rings. The molecule has 0 N–H and O–H groups in total. The zero-order valence-electron chi connectivity index (χ0n) is 13.8. The molecule has 130 valence electrons. The zero-order valence-corrected chi connectivity index (χ0v) is 13.8. The SMILES string of the molecule is COC(=O)N1CCCN(C(=O)Cc2ccc3c(c2)OCCO3)CC1. The van der Waals surface area contributed by atoms with Gasteiger partial charge >= 0.3 is 6.09 Å². The maximum Gasteiger partial charge on any atom is 0.409 e. The molecule has 1 saturated heterocycles. The first-order valence-corrected chi connectivity index (χ1v) is 8.16. The van der Waals surface area contributed by atoms with E-state index in [9.17, 15) is 9.59 Å². The third-order valence-electron chi connectivity index (χ3n) is 4.24. The van der Waals surface area contributed by atoms with E-state index in [-0.39, 0.29) is 12.0 Å². The van der Waals surface area contributed by atoms with Crippen LogP contribution in [-0.2, 0) is 16.0 Å². The molecule has 1 fully saturated rings. The number of carbonyl (C=O) groups excluding carboxylic acids is 2. The lowest BCUT2D eigenvalue weighted by atomic mass is 10.1. The van der Waals surface area contributed by atoms with Crippen molar-refractivity contribution >= 4 is 12.0 Å². The molecule has 0 bridgehead atoms. The van der Waals surface area contributed by atoms with Crippen LogP contribution in [0.5, 0.6) is 11.5 Å². The van der Waals surface area contributed by atoms with Gasteiger partial charge < -0.3 is 24.0 Å². The molecule has 24 heavy (non-hydrogen) atoms. The Bertz CT molecular complexity index is 619. The number of amides is 2. The van der Waals surface area contributed by atoms with Crippen LogP contribution in [0.3, 0.4) is 0 Å². The Morgan fingerprint density at radius 2 is 1.75 bits per heavy atom. The lowest BCUT2D eigenvalue weighted by Crippen LogP contribution is -2.37. The summed E-state index contributed by atoms with van der Waals surface area (Å²) in [6, 6.07) is 5.60. The first kappa shape index (κ1) is 16.4. The Balaban J connectivity index is 1.59. The second-order valence-electron chi connectivity index (χ2n) is 5.85. The van der Waals surface area contributed by atoms with E-state index in [1.165, 1.54) is 7.11 Å². The highest BCUT2D eigenvalue weighted by atomic mass is 16.6. The average Bonchev–Trinajstić information content (AvgIpc) is 2.87. The molecule has 0 spiro atoms. The Hall–Kier alpha value is -2.44. The molecule has 2 aliphatic rings. The molecule has 0 atom stereocenters. The summed E-state index contributed by atoms with van der Waals surface area (Å²) in [6.45, 7) is 3.37. The van der Waals surface area contributed by atoms with Gasteiger partial charge in [0, 0.05) is 26.2 Å². The van der Waals surface area contributed by atoms with E-state index in [1.54, 1.807) is 9.80 Å². The fourth-order valence-corrected chi connectivity index (χ4v) is 2.96. The number of benzene rings is 1. The third-order valence-corrected chi connectivity index (χ3v) is 4.24. The highest BCUT2D eigenvalue weighted by molar-refractivity contribution is 5.79. The number of rotatable bonds is 2. The molecular formula is C17H22N2O5. The van der Waals surface area contributed by atoms with Crippen molar-refractivity contribution in [3.63, 3.8) is 0 Å². The highest BCUT2D eigenvalue weighted by Crippen LogP contribution is 2.31. The topological polar surface area (TPSA) is 68.3 Å². The van der Waals surface area contributed by atoms with Crippen molar-refractivity contribution in [3.05, 3.63) is 23.8 Å². The number of hydrogen-bond donors (Lipinski definition) is 0. The van der Waals surface area contributed by atoms with Crippen LogP contribution >= 0.6 is 0 Å². The van der Waals surface area contributed by atoms with Gasteiger partial charge in [0.15, 0.2) is 11.5 Å². The third kappa shape index (κ3) is 3.72. The molecular weight excluding hydrogens is 312 g/mol. The van der Waals surface area contributed by atoms with Gasteiger partial charge in [0.1, 0.15) is 13.2 Å². The average molecular weight is 334 g/mol. The van der Waals surface area contributed by atoms with Gasteiger partial charge in [-0.25, -0.2) is 4.79 Å². The molecule has 1 aromatic carbocycles. The first-order valence-electron chi connectivity index (χ1n) is 8.16. The maximum atomic E-state index is 12.6. The molecule has 0 radical (unpaired) electrons. The van der Waals surface area contributed by atoms with E-state index in [0.29, 0.717) is 51.6 Å². The summed E-state index contributed by atoms with van der Waals surface area (Å²) in [5.74, 6) is 1.47. The van der Waals surface area contributed by atoms with Crippen molar-refractivity contribution in [2.24, 2.45) is 0 Å². The fourth-order valence-electron chi connectivity index (χ4n) is 2.96. The van der Waals surface area contributed by atoms with Gasteiger partial charge in [0.05, 0.1) is 13.5 Å². The largest absolute Gasteiger partial charge is 0.486 e. The number of fused-ring (bicyclic) bond motifs is 1. The molecule has 0 aliphatic carbocycles. The second-order valence-corrected chi connectivity index (χ2v) is 5.85. The van der Waals surface area contributed by atoms with Crippen molar-refractivity contribution < 1.29 is 23.8 Å². The van der Waals surface area contributed by atoms with Crippen LogP contribution in [0.1, 0.15) is 12.0 Å². The van der Waals surface area contributed by atoms with E-state index in [4.69, 9.17) is 14.2 Å². The van der Waals surface area contributed by atoms with Crippen molar-refractivity contribution in [2.45, 2.75) is 12.8 Å². The smallest absolute Gasteiger partial charge is 0.409 e. The number of carbonyl (C=O) groups is 2. The van der Waals surface area contributed by atoms with Gasteiger partial charge in [-0.1, -0.05) is 6.07 Å².